The molecule has 0 aliphatic heterocycles. The maximum absolute atomic E-state index is 10.9. The van der Waals surface area contributed by atoms with Crippen LogP contribution in [0.1, 0.15) is 10.4 Å². The van der Waals surface area contributed by atoms with Crippen molar-refractivity contribution in [2.24, 2.45) is 0 Å². The molecule has 0 aliphatic rings. The summed E-state index contributed by atoms with van der Waals surface area (Å²) in [7, 11) is 0. The topological polar surface area (TPSA) is 52.3 Å². The number of esters is 1. The lowest BCUT2D eigenvalue weighted by Crippen LogP contribution is -2.05. The van der Waals surface area contributed by atoms with Gasteiger partial charge in [-0.15, -0.1) is 0 Å². The standard InChI is InChI=1S/C6H6BrNO3/c7-1-2-10-6(9)5-3-8-11-4-5/h3-4H,1-2H2. The Kier molecular flexibility index (Phi) is 3.10. The molecule has 0 fully saturated rings. The lowest BCUT2D eigenvalue weighted by Gasteiger charge is -1.96. The van der Waals surface area contributed by atoms with Gasteiger partial charge in [0.15, 0.2) is 0 Å². The van der Waals surface area contributed by atoms with E-state index in [-0.39, 0.29) is 0 Å². The summed E-state index contributed by atoms with van der Waals surface area (Å²) in [5.41, 5.74) is 0.339. The minimum absolute atomic E-state index is 0.339. The van der Waals surface area contributed by atoms with Gasteiger partial charge in [0.1, 0.15) is 18.4 Å². The molecule has 1 aromatic rings. The predicted octanol–water partition coefficient (Wildman–Crippen LogP) is 1.23. The fourth-order valence-electron chi connectivity index (χ4n) is 0.520. The molecule has 0 bridgehead atoms. The normalized spacial score (nSPS) is 9.55. The van der Waals surface area contributed by atoms with Crippen molar-refractivity contribution in [3.63, 3.8) is 0 Å². The van der Waals surface area contributed by atoms with Crippen molar-refractivity contribution in [1.82, 2.24) is 5.16 Å². The molecule has 1 rings (SSSR count). The van der Waals surface area contributed by atoms with Gasteiger partial charge in [-0.25, -0.2) is 4.79 Å². The number of nitrogens with zero attached hydrogens (tertiary/aromatic N) is 1. The summed E-state index contributed by atoms with van der Waals surface area (Å²) in [4.78, 5) is 10.9. The summed E-state index contributed by atoms with van der Waals surface area (Å²) >= 11 is 3.12. The van der Waals surface area contributed by atoms with Crippen LogP contribution in [-0.2, 0) is 4.74 Å². The van der Waals surface area contributed by atoms with Gasteiger partial charge in [0.2, 0.25) is 0 Å². The van der Waals surface area contributed by atoms with Crippen LogP contribution in [0.2, 0.25) is 0 Å². The first-order chi connectivity index (χ1) is 5.34. The Morgan fingerprint density at radius 2 is 2.64 bits per heavy atom. The molecule has 11 heavy (non-hydrogen) atoms. The molecule has 0 aromatic carbocycles. The van der Waals surface area contributed by atoms with Crippen LogP contribution in [0.15, 0.2) is 17.0 Å². The van der Waals surface area contributed by atoms with E-state index in [1.54, 1.807) is 0 Å². The van der Waals surface area contributed by atoms with Crippen LogP contribution in [0.25, 0.3) is 0 Å². The quantitative estimate of drug-likeness (QED) is 0.567. The van der Waals surface area contributed by atoms with E-state index in [0.717, 1.165) is 0 Å². The van der Waals surface area contributed by atoms with Crippen LogP contribution in [0.4, 0.5) is 0 Å². The zero-order valence-electron chi connectivity index (χ0n) is 5.62. The van der Waals surface area contributed by atoms with Crippen molar-refractivity contribution >= 4 is 21.9 Å². The molecule has 0 saturated heterocycles. The monoisotopic (exact) mass is 219 g/mol. The van der Waals surface area contributed by atoms with Crippen LogP contribution in [0, 0.1) is 0 Å². The summed E-state index contributed by atoms with van der Waals surface area (Å²) in [5.74, 6) is -0.411. The van der Waals surface area contributed by atoms with Crippen molar-refractivity contribution in [2.75, 3.05) is 11.9 Å². The van der Waals surface area contributed by atoms with Crippen LogP contribution in [0.5, 0.6) is 0 Å². The van der Waals surface area contributed by atoms with Gasteiger partial charge >= 0.3 is 5.97 Å². The minimum Gasteiger partial charge on any atom is -0.461 e. The highest BCUT2D eigenvalue weighted by Crippen LogP contribution is 1.99. The zero-order chi connectivity index (χ0) is 8.10. The molecular formula is C6H6BrNO3. The average Bonchev–Trinajstić information content (AvgIpc) is 2.52. The van der Waals surface area contributed by atoms with Gasteiger partial charge < -0.3 is 9.26 Å². The van der Waals surface area contributed by atoms with Gasteiger partial charge in [0, 0.05) is 5.33 Å². The number of rotatable bonds is 3. The molecule has 0 spiro atoms. The van der Waals surface area contributed by atoms with Crippen molar-refractivity contribution in [1.29, 1.82) is 0 Å². The van der Waals surface area contributed by atoms with Crippen LogP contribution >= 0.6 is 15.9 Å². The van der Waals surface area contributed by atoms with E-state index in [4.69, 9.17) is 4.74 Å². The highest BCUT2D eigenvalue weighted by Gasteiger charge is 2.07. The van der Waals surface area contributed by atoms with Gasteiger partial charge in [-0.2, -0.15) is 0 Å². The van der Waals surface area contributed by atoms with Gasteiger partial charge in [0.25, 0.3) is 0 Å². The molecule has 5 heteroatoms. The third-order valence-electron chi connectivity index (χ3n) is 0.978. The maximum Gasteiger partial charge on any atom is 0.343 e. The third-order valence-corrected chi connectivity index (χ3v) is 1.30. The van der Waals surface area contributed by atoms with Crippen molar-refractivity contribution in [2.45, 2.75) is 0 Å². The zero-order valence-corrected chi connectivity index (χ0v) is 7.20. The molecular weight excluding hydrogens is 214 g/mol. The van der Waals surface area contributed by atoms with Gasteiger partial charge in [0.05, 0.1) is 6.20 Å². The molecule has 0 amide bonds. The number of hydrogen-bond acceptors (Lipinski definition) is 4. The number of ether oxygens (including phenoxy) is 1. The summed E-state index contributed by atoms with van der Waals surface area (Å²) < 4.78 is 9.20. The smallest absolute Gasteiger partial charge is 0.343 e. The number of halogens is 1. The summed E-state index contributed by atoms with van der Waals surface area (Å²) in [6.07, 6.45) is 2.56. The number of carbonyl (C=O) groups excluding carboxylic acids is 1. The van der Waals surface area contributed by atoms with Crippen molar-refractivity contribution < 1.29 is 14.1 Å². The van der Waals surface area contributed by atoms with Crippen molar-refractivity contribution in [3.05, 3.63) is 18.0 Å². The average molecular weight is 220 g/mol. The van der Waals surface area contributed by atoms with E-state index >= 15 is 0 Å². The fraction of sp³-hybridized carbons (Fsp3) is 0.333. The fourth-order valence-corrected chi connectivity index (χ4v) is 0.682. The van der Waals surface area contributed by atoms with Crippen LogP contribution in [0.3, 0.4) is 0 Å². The Morgan fingerprint density at radius 1 is 1.82 bits per heavy atom. The number of hydrogen-bond donors (Lipinski definition) is 0. The van der Waals surface area contributed by atoms with Crippen molar-refractivity contribution in [3.8, 4) is 0 Å². The van der Waals surface area contributed by atoms with Gasteiger partial charge in [-0.05, 0) is 0 Å². The lowest BCUT2D eigenvalue weighted by atomic mass is 10.4. The van der Waals surface area contributed by atoms with E-state index in [0.29, 0.717) is 17.5 Å². The molecule has 0 atom stereocenters. The Hall–Kier alpha value is -0.840. The highest BCUT2D eigenvalue weighted by molar-refractivity contribution is 9.09. The Balaban J connectivity index is 2.43. The van der Waals surface area contributed by atoms with E-state index in [1.165, 1.54) is 12.5 Å². The second-order valence-corrected chi connectivity index (χ2v) is 2.53. The number of aromatic nitrogens is 1. The minimum atomic E-state index is -0.411. The SMILES string of the molecule is O=C(OCCBr)c1cnoc1. The summed E-state index contributed by atoms with van der Waals surface area (Å²) in [6, 6.07) is 0. The first-order valence-electron chi connectivity index (χ1n) is 2.97. The first-order valence-corrected chi connectivity index (χ1v) is 4.09. The second kappa shape index (κ2) is 4.12. The first kappa shape index (κ1) is 8.26. The summed E-state index contributed by atoms with van der Waals surface area (Å²) in [6.45, 7) is 0.351. The molecule has 0 unspecified atom stereocenters. The Morgan fingerprint density at radius 3 is 3.18 bits per heavy atom. The molecule has 1 heterocycles. The molecule has 60 valence electrons. The van der Waals surface area contributed by atoms with Gasteiger partial charge in [-0.3, -0.25) is 0 Å². The summed E-state index contributed by atoms with van der Waals surface area (Å²) in [5, 5.41) is 3.99. The van der Waals surface area contributed by atoms with Crippen LogP contribution < -0.4 is 0 Å². The van der Waals surface area contributed by atoms with E-state index in [1.807, 2.05) is 0 Å². The highest BCUT2D eigenvalue weighted by atomic mass is 79.9. The predicted molar refractivity (Wildman–Crippen MR) is 40.6 cm³/mol. The molecule has 0 radical (unpaired) electrons. The maximum atomic E-state index is 10.9. The molecule has 0 aliphatic carbocycles. The third kappa shape index (κ3) is 2.34. The van der Waals surface area contributed by atoms with Crippen LogP contribution in [-0.4, -0.2) is 23.1 Å². The lowest BCUT2D eigenvalue weighted by molar-refractivity contribution is 0.0530. The van der Waals surface area contributed by atoms with E-state index in [2.05, 4.69) is 25.6 Å². The molecule has 4 nitrogen and oxygen atoms in total. The molecule has 1 aromatic heterocycles. The number of carbonyl (C=O) groups is 1. The van der Waals surface area contributed by atoms with E-state index < -0.39 is 5.97 Å². The van der Waals surface area contributed by atoms with Gasteiger partial charge in [-0.1, -0.05) is 21.1 Å². The Labute approximate surface area is 71.6 Å². The number of alkyl halides is 1. The largest absolute Gasteiger partial charge is 0.461 e. The van der Waals surface area contributed by atoms with E-state index in [9.17, 15) is 4.79 Å². The molecule has 0 saturated carbocycles. The molecule has 0 N–H and O–H groups in total. The Bertz CT molecular complexity index is 222. The second-order valence-electron chi connectivity index (χ2n) is 1.74.